The molecule has 1 aliphatic rings. The van der Waals surface area contributed by atoms with Crippen LogP contribution >= 0.6 is 0 Å². The Labute approximate surface area is 70.9 Å². The van der Waals surface area contributed by atoms with Crippen molar-refractivity contribution in [3.05, 3.63) is 0 Å². The van der Waals surface area contributed by atoms with Gasteiger partial charge in [-0.25, -0.2) is 8.78 Å². The number of halogens is 2. The van der Waals surface area contributed by atoms with E-state index in [0.29, 0.717) is 18.8 Å². The third-order valence-corrected chi connectivity index (χ3v) is 2.09. The van der Waals surface area contributed by atoms with Crippen LogP contribution in [-0.2, 0) is 0 Å². The first kappa shape index (κ1) is 9.42. The standard InChI is InChI=1S/C8H14F2N2/c1-2-7(11)12-5-6-3-8(9,10)4-6/h6H,2-5H2,1H3,(H2,11,12). The first-order valence-corrected chi connectivity index (χ1v) is 4.20. The highest BCUT2D eigenvalue weighted by molar-refractivity contribution is 5.79. The van der Waals surface area contributed by atoms with E-state index in [1.54, 1.807) is 0 Å². The van der Waals surface area contributed by atoms with Crippen LogP contribution in [0.5, 0.6) is 0 Å². The Kier molecular flexibility index (Phi) is 2.65. The summed E-state index contributed by atoms with van der Waals surface area (Å²) in [6.07, 6.45) is 0.657. The van der Waals surface area contributed by atoms with E-state index in [1.165, 1.54) is 0 Å². The Morgan fingerprint density at radius 3 is 2.58 bits per heavy atom. The van der Waals surface area contributed by atoms with Crippen molar-refractivity contribution in [2.24, 2.45) is 16.6 Å². The lowest BCUT2D eigenvalue weighted by molar-refractivity contribution is -0.107. The molecule has 0 aromatic rings. The van der Waals surface area contributed by atoms with Gasteiger partial charge < -0.3 is 5.73 Å². The lowest BCUT2D eigenvalue weighted by Gasteiger charge is -2.33. The smallest absolute Gasteiger partial charge is 0.248 e. The molecule has 0 bridgehead atoms. The van der Waals surface area contributed by atoms with E-state index in [2.05, 4.69) is 4.99 Å². The van der Waals surface area contributed by atoms with Crippen LogP contribution in [0.15, 0.2) is 4.99 Å². The number of amidine groups is 1. The molecule has 0 heterocycles. The average Bonchev–Trinajstić information content (AvgIpc) is 1.96. The predicted octanol–water partition coefficient (Wildman–Crippen LogP) is 1.80. The number of rotatable bonds is 3. The van der Waals surface area contributed by atoms with Crippen molar-refractivity contribution in [2.75, 3.05) is 6.54 Å². The van der Waals surface area contributed by atoms with Gasteiger partial charge in [-0.05, 0) is 5.92 Å². The van der Waals surface area contributed by atoms with E-state index in [0.717, 1.165) is 0 Å². The molecule has 0 aromatic carbocycles. The van der Waals surface area contributed by atoms with Gasteiger partial charge in [0.25, 0.3) is 0 Å². The van der Waals surface area contributed by atoms with Crippen LogP contribution in [-0.4, -0.2) is 18.3 Å². The van der Waals surface area contributed by atoms with Gasteiger partial charge in [0, 0.05) is 25.8 Å². The molecule has 12 heavy (non-hydrogen) atoms. The van der Waals surface area contributed by atoms with Gasteiger partial charge in [0.15, 0.2) is 0 Å². The van der Waals surface area contributed by atoms with Crippen LogP contribution in [0, 0.1) is 5.92 Å². The average molecular weight is 176 g/mol. The van der Waals surface area contributed by atoms with E-state index in [1.807, 2.05) is 6.92 Å². The summed E-state index contributed by atoms with van der Waals surface area (Å²) in [5.74, 6) is -1.82. The van der Waals surface area contributed by atoms with Crippen molar-refractivity contribution in [1.29, 1.82) is 0 Å². The monoisotopic (exact) mass is 176 g/mol. The first-order valence-electron chi connectivity index (χ1n) is 4.20. The highest BCUT2D eigenvalue weighted by Crippen LogP contribution is 2.42. The molecule has 70 valence electrons. The Morgan fingerprint density at radius 2 is 2.17 bits per heavy atom. The third-order valence-electron chi connectivity index (χ3n) is 2.09. The molecule has 1 rings (SSSR count). The zero-order chi connectivity index (χ0) is 9.19. The lowest BCUT2D eigenvalue weighted by atomic mass is 9.81. The van der Waals surface area contributed by atoms with Crippen molar-refractivity contribution in [2.45, 2.75) is 32.1 Å². The summed E-state index contributed by atoms with van der Waals surface area (Å²) in [5.41, 5.74) is 5.43. The van der Waals surface area contributed by atoms with Gasteiger partial charge in [0.2, 0.25) is 5.92 Å². The van der Waals surface area contributed by atoms with Crippen LogP contribution in [0.2, 0.25) is 0 Å². The van der Waals surface area contributed by atoms with E-state index in [9.17, 15) is 8.78 Å². The number of nitrogens with zero attached hydrogens (tertiary/aromatic N) is 1. The molecule has 0 saturated heterocycles. The van der Waals surface area contributed by atoms with Gasteiger partial charge in [-0.1, -0.05) is 6.92 Å². The number of hydrogen-bond acceptors (Lipinski definition) is 1. The number of alkyl halides is 2. The molecular formula is C8H14F2N2. The molecule has 0 aromatic heterocycles. The van der Waals surface area contributed by atoms with Crippen LogP contribution in [0.1, 0.15) is 26.2 Å². The fourth-order valence-electron chi connectivity index (χ4n) is 1.27. The lowest BCUT2D eigenvalue weighted by Crippen LogP contribution is -2.37. The summed E-state index contributed by atoms with van der Waals surface area (Å²) in [5, 5.41) is 0. The number of hydrogen-bond donors (Lipinski definition) is 1. The molecule has 1 fully saturated rings. The first-order chi connectivity index (χ1) is 5.53. The molecule has 0 atom stereocenters. The Hall–Kier alpha value is -0.670. The maximum absolute atomic E-state index is 12.3. The SMILES string of the molecule is CCC(N)=NCC1CC(F)(F)C1. The normalized spacial score (nSPS) is 23.8. The van der Waals surface area contributed by atoms with Crippen molar-refractivity contribution in [3.8, 4) is 0 Å². The fraction of sp³-hybridized carbons (Fsp3) is 0.875. The number of nitrogens with two attached hydrogens (primary N) is 1. The minimum Gasteiger partial charge on any atom is -0.387 e. The maximum Gasteiger partial charge on any atom is 0.248 e. The minimum absolute atomic E-state index is 0.0203. The summed E-state index contributed by atoms with van der Waals surface area (Å²) in [6, 6.07) is 0. The quantitative estimate of drug-likeness (QED) is 0.516. The van der Waals surface area contributed by atoms with Gasteiger partial charge >= 0.3 is 0 Å². The Bertz CT molecular complexity index is 181. The van der Waals surface area contributed by atoms with Crippen LogP contribution < -0.4 is 5.73 Å². The minimum atomic E-state index is -2.43. The van der Waals surface area contributed by atoms with Crippen LogP contribution in [0.4, 0.5) is 8.78 Å². The van der Waals surface area contributed by atoms with E-state index in [-0.39, 0.29) is 18.8 Å². The Balaban J connectivity index is 2.20. The second-order valence-electron chi connectivity index (χ2n) is 3.32. The zero-order valence-corrected chi connectivity index (χ0v) is 7.19. The second kappa shape index (κ2) is 3.37. The molecule has 1 saturated carbocycles. The third kappa shape index (κ3) is 2.43. The molecule has 2 nitrogen and oxygen atoms in total. The van der Waals surface area contributed by atoms with Gasteiger partial charge in [-0.2, -0.15) is 0 Å². The van der Waals surface area contributed by atoms with Gasteiger partial charge in [-0.3, -0.25) is 4.99 Å². The molecule has 0 radical (unpaired) electrons. The summed E-state index contributed by atoms with van der Waals surface area (Å²) >= 11 is 0. The highest BCUT2D eigenvalue weighted by atomic mass is 19.3. The number of aliphatic imine (C=N–C) groups is 1. The molecular weight excluding hydrogens is 162 g/mol. The topological polar surface area (TPSA) is 38.4 Å². The van der Waals surface area contributed by atoms with Gasteiger partial charge in [0.1, 0.15) is 0 Å². The second-order valence-corrected chi connectivity index (χ2v) is 3.32. The highest BCUT2D eigenvalue weighted by Gasteiger charge is 2.44. The molecule has 0 amide bonds. The van der Waals surface area contributed by atoms with Gasteiger partial charge in [-0.15, -0.1) is 0 Å². The molecule has 0 unspecified atom stereocenters. The Morgan fingerprint density at radius 1 is 1.58 bits per heavy atom. The van der Waals surface area contributed by atoms with Crippen molar-refractivity contribution >= 4 is 5.84 Å². The van der Waals surface area contributed by atoms with E-state index in [4.69, 9.17) is 5.73 Å². The molecule has 0 aliphatic heterocycles. The molecule has 1 aliphatic carbocycles. The predicted molar refractivity (Wildman–Crippen MR) is 44.5 cm³/mol. The maximum atomic E-state index is 12.3. The van der Waals surface area contributed by atoms with Crippen molar-refractivity contribution < 1.29 is 8.78 Å². The fourth-order valence-corrected chi connectivity index (χ4v) is 1.27. The van der Waals surface area contributed by atoms with Crippen molar-refractivity contribution in [1.82, 2.24) is 0 Å². The summed E-state index contributed by atoms with van der Waals surface area (Å²) in [6.45, 7) is 2.36. The summed E-state index contributed by atoms with van der Waals surface area (Å²) < 4.78 is 24.6. The zero-order valence-electron chi connectivity index (χ0n) is 7.19. The molecule has 2 N–H and O–H groups in total. The summed E-state index contributed by atoms with van der Waals surface area (Å²) in [4.78, 5) is 3.99. The largest absolute Gasteiger partial charge is 0.387 e. The van der Waals surface area contributed by atoms with E-state index >= 15 is 0 Å². The van der Waals surface area contributed by atoms with Crippen LogP contribution in [0.25, 0.3) is 0 Å². The van der Waals surface area contributed by atoms with E-state index < -0.39 is 5.92 Å². The molecule has 0 spiro atoms. The van der Waals surface area contributed by atoms with Crippen LogP contribution in [0.3, 0.4) is 0 Å². The van der Waals surface area contributed by atoms with Crippen molar-refractivity contribution in [3.63, 3.8) is 0 Å². The van der Waals surface area contributed by atoms with Gasteiger partial charge in [0.05, 0.1) is 5.84 Å². The summed E-state index contributed by atoms with van der Waals surface area (Å²) in [7, 11) is 0. The molecule has 4 heteroatoms.